The van der Waals surface area contributed by atoms with Crippen molar-refractivity contribution in [3.63, 3.8) is 0 Å². The lowest BCUT2D eigenvalue weighted by atomic mass is 9.87. The van der Waals surface area contributed by atoms with E-state index in [9.17, 15) is 9.50 Å². The van der Waals surface area contributed by atoms with Gasteiger partial charge in [0.25, 0.3) is 0 Å². The molecule has 2 nitrogen and oxygen atoms in total. The molecule has 0 heterocycles. The Labute approximate surface area is 102 Å². The molecule has 17 heavy (non-hydrogen) atoms. The molecule has 0 bridgehead atoms. The Kier molecular flexibility index (Phi) is 4.52. The second kappa shape index (κ2) is 5.50. The monoisotopic (exact) mass is 240 g/mol. The minimum absolute atomic E-state index is 0.253. The van der Waals surface area contributed by atoms with Gasteiger partial charge in [-0.25, -0.2) is 4.39 Å². The molecule has 0 aliphatic carbocycles. The summed E-state index contributed by atoms with van der Waals surface area (Å²) in [6, 6.07) is 4.60. The summed E-state index contributed by atoms with van der Waals surface area (Å²) in [5, 5.41) is 10.4. The van der Waals surface area contributed by atoms with Gasteiger partial charge in [0.15, 0.2) is 0 Å². The molecular weight excluding hydrogens is 219 g/mol. The molecule has 0 spiro atoms. The summed E-state index contributed by atoms with van der Waals surface area (Å²) >= 11 is 0. The second-order valence-electron chi connectivity index (χ2n) is 5.02. The summed E-state index contributed by atoms with van der Waals surface area (Å²) in [7, 11) is 1.48. The molecule has 1 aromatic rings. The van der Waals surface area contributed by atoms with Crippen LogP contribution in [0.1, 0.15) is 39.2 Å². The fraction of sp³-hybridized carbons (Fsp3) is 0.571. The van der Waals surface area contributed by atoms with Gasteiger partial charge in [-0.2, -0.15) is 0 Å². The zero-order valence-corrected chi connectivity index (χ0v) is 11.0. The van der Waals surface area contributed by atoms with Crippen molar-refractivity contribution in [1.29, 1.82) is 0 Å². The van der Waals surface area contributed by atoms with Crippen molar-refractivity contribution in [3.05, 3.63) is 29.6 Å². The number of benzene rings is 1. The smallest absolute Gasteiger partial charge is 0.133 e. The predicted molar refractivity (Wildman–Crippen MR) is 66.6 cm³/mol. The van der Waals surface area contributed by atoms with E-state index in [1.165, 1.54) is 13.2 Å². The van der Waals surface area contributed by atoms with E-state index in [2.05, 4.69) is 13.8 Å². The molecule has 0 aliphatic heterocycles. The molecular formula is C14H21FO2. The number of hydrogen-bond acceptors (Lipinski definition) is 2. The van der Waals surface area contributed by atoms with E-state index < -0.39 is 11.4 Å². The van der Waals surface area contributed by atoms with Crippen molar-refractivity contribution in [1.82, 2.24) is 0 Å². The van der Waals surface area contributed by atoms with Gasteiger partial charge in [0.2, 0.25) is 0 Å². The molecule has 0 radical (unpaired) electrons. The average molecular weight is 240 g/mol. The van der Waals surface area contributed by atoms with E-state index in [0.29, 0.717) is 18.1 Å². The van der Waals surface area contributed by atoms with Crippen LogP contribution in [-0.2, 0) is 5.60 Å². The lowest BCUT2D eigenvalue weighted by Crippen LogP contribution is -2.24. The van der Waals surface area contributed by atoms with Gasteiger partial charge in [-0.15, -0.1) is 0 Å². The first-order valence-corrected chi connectivity index (χ1v) is 5.94. The molecule has 1 N–H and O–H groups in total. The van der Waals surface area contributed by atoms with Gasteiger partial charge in [0.05, 0.1) is 18.3 Å². The van der Waals surface area contributed by atoms with Crippen molar-refractivity contribution in [2.45, 2.75) is 39.2 Å². The van der Waals surface area contributed by atoms with Crippen LogP contribution in [0.5, 0.6) is 5.75 Å². The Morgan fingerprint density at radius 2 is 2.06 bits per heavy atom. The number of methoxy groups -OCH3 is 1. The third-order valence-corrected chi connectivity index (χ3v) is 2.94. The van der Waals surface area contributed by atoms with Crippen LogP contribution >= 0.6 is 0 Å². The van der Waals surface area contributed by atoms with Crippen LogP contribution in [0.15, 0.2) is 18.2 Å². The number of hydrogen-bond donors (Lipinski definition) is 1. The van der Waals surface area contributed by atoms with Crippen LogP contribution in [-0.4, -0.2) is 12.2 Å². The minimum Gasteiger partial charge on any atom is -0.496 e. The van der Waals surface area contributed by atoms with Crippen molar-refractivity contribution < 1.29 is 14.2 Å². The number of rotatable bonds is 5. The molecule has 0 saturated carbocycles. The van der Waals surface area contributed by atoms with Crippen LogP contribution in [0.3, 0.4) is 0 Å². The topological polar surface area (TPSA) is 29.5 Å². The molecule has 1 rings (SSSR count). The standard InChI is InChI=1S/C14H21FO2/c1-10(2)8-9-14(3,16)13-11(15)6-5-7-12(13)17-4/h5-7,10,16H,8-9H2,1-4H3. The predicted octanol–water partition coefficient (Wildman–Crippen LogP) is 3.48. The lowest BCUT2D eigenvalue weighted by molar-refractivity contribution is 0.0359. The van der Waals surface area contributed by atoms with Gasteiger partial charge in [0, 0.05) is 0 Å². The maximum absolute atomic E-state index is 13.8. The van der Waals surface area contributed by atoms with E-state index in [0.717, 1.165) is 6.42 Å². The molecule has 0 amide bonds. The van der Waals surface area contributed by atoms with Gasteiger partial charge >= 0.3 is 0 Å². The summed E-state index contributed by atoms with van der Waals surface area (Å²) in [5.74, 6) is 0.455. The van der Waals surface area contributed by atoms with Crippen LogP contribution in [0, 0.1) is 11.7 Å². The Morgan fingerprint density at radius 3 is 2.59 bits per heavy atom. The Balaban J connectivity index is 3.04. The van der Waals surface area contributed by atoms with E-state index in [1.54, 1.807) is 19.1 Å². The summed E-state index contributed by atoms with van der Waals surface area (Å²) < 4.78 is 18.9. The molecule has 1 atom stereocenters. The molecule has 0 saturated heterocycles. The lowest BCUT2D eigenvalue weighted by Gasteiger charge is -2.27. The summed E-state index contributed by atoms with van der Waals surface area (Å²) in [6.45, 7) is 5.79. The van der Waals surface area contributed by atoms with Crippen LogP contribution in [0.25, 0.3) is 0 Å². The van der Waals surface area contributed by atoms with Gasteiger partial charge in [-0.3, -0.25) is 0 Å². The average Bonchev–Trinajstić information content (AvgIpc) is 2.25. The molecule has 0 aliphatic rings. The highest BCUT2D eigenvalue weighted by Gasteiger charge is 2.30. The van der Waals surface area contributed by atoms with Crippen LogP contribution < -0.4 is 4.74 Å². The minimum atomic E-state index is -1.19. The molecule has 1 unspecified atom stereocenters. The van der Waals surface area contributed by atoms with E-state index in [1.807, 2.05) is 0 Å². The third kappa shape index (κ3) is 3.43. The van der Waals surface area contributed by atoms with Crippen molar-refractivity contribution in [3.8, 4) is 5.75 Å². The van der Waals surface area contributed by atoms with E-state index in [4.69, 9.17) is 4.74 Å². The highest BCUT2D eigenvalue weighted by Crippen LogP contribution is 2.36. The summed E-state index contributed by atoms with van der Waals surface area (Å²) in [4.78, 5) is 0. The fourth-order valence-electron chi connectivity index (χ4n) is 1.89. The molecule has 0 aromatic heterocycles. The molecule has 3 heteroatoms. The van der Waals surface area contributed by atoms with Gasteiger partial charge < -0.3 is 9.84 Å². The zero-order chi connectivity index (χ0) is 13.1. The first-order chi connectivity index (χ1) is 7.88. The summed E-state index contributed by atoms with van der Waals surface area (Å²) in [6.07, 6.45) is 1.35. The largest absolute Gasteiger partial charge is 0.496 e. The maximum atomic E-state index is 13.8. The molecule has 96 valence electrons. The zero-order valence-electron chi connectivity index (χ0n) is 11.0. The number of aliphatic hydroxyl groups is 1. The maximum Gasteiger partial charge on any atom is 0.133 e. The SMILES string of the molecule is COc1cccc(F)c1C(C)(O)CCC(C)C. The Morgan fingerprint density at radius 1 is 1.41 bits per heavy atom. The highest BCUT2D eigenvalue weighted by molar-refractivity contribution is 5.38. The first-order valence-electron chi connectivity index (χ1n) is 5.94. The van der Waals surface area contributed by atoms with Gasteiger partial charge in [0.1, 0.15) is 11.6 Å². The number of ether oxygens (including phenoxy) is 1. The Hall–Kier alpha value is -1.09. The quantitative estimate of drug-likeness (QED) is 0.853. The summed E-state index contributed by atoms with van der Waals surface area (Å²) in [5.41, 5.74) is -0.941. The third-order valence-electron chi connectivity index (χ3n) is 2.94. The van der Waals surface area contributed by atoms with Crippen molar-refractivity contribution in [2.24, 2.45) is 5.92 Å². The van der Waals surface area contributed by atoms with Crippen molar-refractivity contribution >= 4 is 0 Å². The Bertz CT molecular complexity index is 372. The second-order valence-corrected chi connectivity index (χ2v) is 5.02. The number of halogens is 1. The van der Waals surface area contributed by atoms with Crippen molar-refractivity contribution in [2.75, 3.05) is 7.11 Å². The van der Waals surface area contributed by atoms with Gasteiger partial charge in [-0.05, 0) is 37.8 Å². The normalized spacial score (nSPS) is 14.8. The van der Waals surface area contributed by atoms with Crippen LogP contribution in [0.4, 0.5) is 4.39 Å². The van der Waals surface area contributed by atoms with E-state index in [-0.39, 0.29) is 5.56 Å². The van der Waals surface area contributed by atoms with Gasteiger partial charge in [-0.1, -0.05) is 19.9 Å². The molecule has 0 fully saturated rings. The highest BCUT2D eigenvalue weighted by atomic mass is 19.1. The van der Waals surface area contributed by atoms with Crippen LogP contribution in [0.2, 0.25) is 0 Å². The fourth-order valence-corrected chi connectivity index (χ4v) is 1.89. The van der Waals surface area contributed by atoms with E-state index >= 15 is 0 Å². The molecule has 1 aromatic carbocycles. The first kappa shape index (κ1) is 14.0.